The molecule has 1 saturated heterocycles. The first-order valence-electron chi connectivity index (χ1n) is 14.1. The second kappa shape index (κ2) is 13.9. The second-order valence-electron chi connectivity index (χ2n) is 10.7. The molecule has 0 spiro atoms. The van der Waals surface area contributed by atoms with Crippen molar-refractivity contribution in [2.45, 2.75) is 50.7 Å². The van der Waals surface area contributed by atoms with E-state index >= 15 is 0 Å². The normalized spacial score (nSPS) is 19.2. The van der Waals surface area contributed by atoms with E-state index < -0.39 is 28.0 Å². The van der Waals surface area contributed by atoms with Crippen LogP contribution in [0.2, 0.25) is 0 Å². The number of aryl methyl sites for hydroxylation is 1. The molecule has 4 rings (SSSR count). The number of anilines is 1. The number of carbonyl (C=O) groups is 2. The number of sulfone groups is 1. The number of benzene rings is 1. The Labute approximate surface area is 256 Å². The summed E-state index contributed by atoms with van der Waals surface area (Å²) in [6.45, 7) is 1.43. The van der Waals surface area contributed by atoms with Gasteiger partial charge in [0.1, 0.15) is 6.04 Å². The highest BCUT2D eigenvalue weighted by atomic mass is 32.2. The molecular weight excluding hydrogens is 594 g/mol. The smallest absolute Gasteiger partial charge is 0.242 e. The fourth-order valence-corrected chi connectivity index (χ4v) is 7.87. The molecule has 13 heteroatoms. The lowest BCUT2D eigenvalue weighted by molar-refractivity contribution is -0.122. The van der Waals surface area contributed by atoms with Crippen molar-refractivity contribution in [3.8, 4) is 28.4 Å². The number of methoxy groups -OCH3 is 3. The van der Waals surface area contributed by atoms with Crippen molar-refractivity contribution in [2.75, 3.05) is 50.2 Å². The van der Waals surface area contributed by atoms with Gasteiger partial charge >= 0.3 is 0 Å². The molecule has 0 bridgehead atoms. The Morgan fingerprint density at radius 1 is 1.05 bits per heavy atom. The van der Waals surface area contributed by atoms with Crippen LogP contribution in [0.4, 0.5) is 5.69 Å². The molecule has 234 valence electrons. The Bertz CT molecular complexity index is 1550. The van der Waals surface area contributed by atoms with Crippen LogP contribution < -0.4 is 35.6 Å². The molecule has 11 nitrogen and oxygen atoms in total. The first-order chi connectivity index (χ1) is 20.5. The summed E-state index contributed by atoms with van der Waals surface area (Å²) in [5.74, 6) is 1.36. The number of hydrogen-bond donors (Lipinski definition) is 3. The topological polar surface area (TPSA) is 149 Å². The maximum Gasteiger partial charge on any atom is 0.242 e. The summed E-state index contributed by atoms with van der Waals surface area (Å²) in [4.78, 5) is 39.2. The standard InChI is InChI=1S/C30H39N3O8S2/c1-17(34)31-22-8-6-18-14-26(39-2)28(40-3)29(41-4)27(18)20-7-9-23(25(35)15-21(20)22)33-24(10-12-42-5)30(36)32-19-11-13-43(37,38)16-19/h7,9,14-15,19,22,24H,6,8,10-13,16H2,1-5H3,(H,31,34)(H,32,36)(H,33,35)/t19?,22-,24-/m0/s1. The van der Waals surface area contributed by atoms with Crippen molar-refractivity contribution in [3.05, 3.63) is 45.6 Å². The number of carbonyl (C=O) groups excluding carboxylic acids is 2. The van der Waals surface area contributed by atoms with Crippen molar-refractivity contribution >= 4 is 39.1 Å². The molecule has 1 fully saturated rings. The third kappa shape index (κ3) is 7.38. The summed E-state index contributed by atoms with van der Waals surface area (Å²) in [5.41, 5.74) is 2.76. The fourth-order valence-electron chi connectivity index (χ4n) is 5.73. The minimum absolute atomic E-state index is 0.0443. The van der Waals surface area contributed by atoms with Gasteiger partial charge in [0.25, 0.3) is 0 Å². The summed E-state index contributed by atoms with van der Waals surface area (Å²) in [5, 5.41) is 8.97. The number of nitrogens with one attached hydrogen (secondary N) is 3. The van der Waals surface area contributed by atoms with E-state index in [2.05, 4.69) is 16.0 Å². The van der Waals surface area contributed by atoms with Crippen molar-refractivity contribution in [1.82, 2.24) is 10.6 Å². The van der Waals surface area contributed by atoms with Crippen molar-refractivity contribution in [2.24, 2.45) is 0 Å². The van der Waals surface area contributed by atoms with E-state index in [9.17, 15) is 22.8 Å². The number of thioether (sulfide) groups is 1. The fraction of sp³-hybridized carbons (Fsp3) is 0.500. The van der Waals surface area contributed by atoms with Crippen LogP contribution in [0.3, 0.4) is 0 Å². The van der Waals surface area contributed by atoms with Crippen LogP contribution in [0.25, 0.3) is 11.1 Å². The SMILES string of the molecule is COc1cc2c(c(OC)c1OC)-c1ccc(N[C@@H](CCSC)C(=O)NC3CCS(=O)(=O)C3)c(=O)cc1[C@@H](NC(C)=O)CC2. The van der Waals surface area contributed by atoms with Gasteiger partial charge < -0.3 is 30.2 Å². The largest absolute Gasteiger partial charge is 0.493 e. The lowest BCUT2D eigenvalue weighted by Crippen LogP contribution is -2.45. The number of fused-ring (bicyclic) bond motifs is 3. The second-order valence-corrected chi connectivity index (χ2v) is 13.9. The van der Waals surface area contributed by atoms with Crippen LogP contribution in [-0.4, -0.2) is 77.2 Å². The first-order valence-corrected chi connectivity index (χ1v) is 17.3. The zero-order chi connectivity index (χ0) is 31.3. The summed E-state index contributed by atoms with van der Waals surface area (Å²) < 4.78 is 40.9. The van der Waals surface area contributed by atoms with Crippen LogP contribution in [0.15, 0.2) is 29.1 Å². The maximum atomic E-state index is 13.7. The molecule has 43 heavy (non-hydrogen) atoms. The molecule has 2 amide bonds. The van der Waals surface area contributed by atoms with E-state index in [1.165, 1.54) is 27.2 Å². The Hall–Kier alpha value is -3.45. The molecule has 1 heterocycles. The maximum absolute atomic E-state index is 13.7. The van der Waals surface area contributed by atoms with Gasteiger partial charge in [-0.2, -0.15) is 11.8 Å². The molecule has 2 aliphatic rings. The average molecular weight is 634 g/mol. The average Bonchev–Trinajstić information content (AvgIpc) is 3.14. The molecule has 1 aliphatic heterocycles. The summed E-state index contributed by atoms with van der Waals surface area (Å²) in [6.07, 6.45) is 3.80. The summed E-state index contributed by atoms with van der Waals surface area (Å²) >= 11 is 1.56. The molecule has 1 unspecified atom stereocenters. The minimum atomic E-state index is -3.17. The Kier molecular flexibility index (Phi) is 10.5. The van der Waals surface area contributed by atoms with Gasteiger partial charge in [-0.25, -0.2) is 8.42 Å². The lowest BCUT2D eigenvalue weighted by atomic mass is 9.95. The van der Waals surface area contributed by atoms with Crippen molar-refractivity contribution in [1.29, 1.82) is 0 Å². The lowest BCUT2D eigenvalue weighted by Gasteiger charge is -2.21. The van der Waals surface area contributed by atoms with E-state index in [4.69, 9.17) is 14.2 Å². The molecule has 3 atom stereocenters. The highest BCUT2D eigenvalue weighted by molar-refractivity contribution is 7.98. The van der Waals surface area contributed by atoms with Gasteiger partial charge in [0.05, 0.1) is 44.6 Å². The van der Waals surface area contributed by atoms with E-state index in [1.54, 1.807) is 31.0 Å². The van der Waals surface area contributed by atoms with Crippen LogP contribution >= 0.6 is 11.8 Å². The van der Waals surface area contributed by atoms with Crippen LogP contribution in [-0.2, 0) is 25.8 Å². The first kappa shape index (κ1) is 32.5. The minimum Gasteiger partial charge on any atom is -0.493 e. The predicted molar refractivity (Wildman–Crippen MR) is 168 cm³/mol. The van der Waals surface area contributed by atoms with Gasteiger partial charge in [0.2, 0.25) is 23.0 Å². The van der Waals surface area contributed by atoms with Gasteiger partial charge in [0, 0.05) is 18.5 Å². The van der Waals surface area contributed by atoms with E-state index in [-0.39, 0.29) is 34.4 Å². The zero-order valence-corrected chi connectivity index (χ0v) is 26.7. The Morgan fingerprint density at radius 2 is 1.79 bits per heavy atom. The van der Waals surface area contributed by atoms with Gasteiger partial charge in [-0.3, -0.25) is 14.4 Å². The summed E-state index contributed by atoms with van der Waals surface area (Å²) in [7, 11) is 1.43. The molecule has 1 aliphatic carbocycles. The summed E-state index contributed by atoms with van der Waals surface area (Å²) in [6, 6.07) is 5.12. The molecule has 2 aromatic rings. The number of amides is 2. The number of rotatable bonds is 11. The van der Waals surface area contributed by atoms with E-state index in [0.717, 1.165) is 11.1 Å². The van der Waals surface area contributed by atoms with Crippen LogP contribution in [0.1, 0.15) is 43.4 Å². The van der Waals surface area contributed by atoms with Gasteiger partial charge in [-0.1, -0.05) is 6.07 Å². The highest BCUT2D eigenvalue weighted by Crippen LogP contribution is 2.50. The van der Waals surface area contributed by atoms with Crippen molar-refractivity contribution in [3.63, 3.8) is 0 Å². The Morgan fingerprint density at radius 3 is 2.40 bits per heavy atom. The molecule has 0 radical (unpaired) electrons. The quantitative estimate of drug-likeness (QED) is 0.337. The zero-order valence-electron chi connectivity index (χ0n) is 25.1. The van der Waals surface area contributed by atoms with Gasteiger partial charge in [-0.05, 0) is 72.6 Å². The molecule has 3 N–H and O–H groups in total. The number of hydrogen-bond acceptors (Lipinski definition) is 10. The predicted octanol–water partition coefficient (Wildman–Crippen LogP) is 2.70. The molecule has 2 aromatic carbocycles. The Balaban J connectivity index is 1.81. The van der Waals surface area contributed by atoms with Gasteiger partial charge in [0.15, 0.2) is 21.3 Å². The van der Waals surface area contributed by atoms with Crippen LogP contribution in [0, 0.1) is 0 Å². The van der Waals surface area contributed by atoms with Crippen LogP contribution in [0.5, 0.6) is 17.2 Å². The van der Waals surface area contributed by atoms with Gasteiger partial charge in [-0.15, -0.1) is 0 Å². The monoisotopic (exact) mass is 633 g/mol. The van der Waals surface area contributed by atoms with E-state index in [0.29, 0.717) is 59.8 Å². The third-order valence-corrected chi connectivity index (χ3v) is 10.2. The molecule has 0 saturated carbocycles. The van der Waals surface area contributed by atoms with E-state index in [1.807, 2.05) is 12.3 Å². The third-order valence-electron chi connectivity index (χ3n) is 7.75. The molecule has 0 aromatic heterocycles. The van der Waals surface area contributed by atoms with Crippen molar-refractivity contribution < 1.29 is 32.2 Å². The number of ether oxygens (including phenoxy) is 3. The highest BCUT2D eigenvalue weighted by Gasteiger charge is 2.32. The molecular formula is C30H39N3O8S2.